The summed E-state index contributed by atoms with van der Waals surface area (Å²) in [6.45, 7) is 0. The van der Waals surface area contributed by atoms with Gasteiger partial charge in [0.1, 0.15) is 0 Å². The van der Waals surface area contributed by atoms with Crippen LogP contribution in [-0.2, 0) is 0 Å². The Morgan fingerprint density at radius 2 is 0.824 bits per heavy atom. The number of hydrogen-bond donors (Lipinski definition) is 0. The van der Waals surface area contributed by atoms with E-state index in [0.29, 0.717) is 11.1 Å². The molecule has 2 aromatic carbocycles. The zero-order valence-electron chi connectivity index (χ0n) is 9.44. The molecule has 0 spiro atoms. The molecule has 0 heterocycles. The molecule has 0 amide bonds. The van der Waals surface area contributed by atoms with E-state index in [1.54, 1.807) is 24.3 Å². The number of benzene rings is 2. The minimum Gasteiger partial charge on any atom is -0.285 e. The first-order valence-electron chi connectivity index (χ1n) is 5.06. The standard InChI is InChI=1S/C14H8O2.Na/c15-13-11-7-3-1-5-9(11)10-6-2-4-8-12(10)14(13)16;/h1-8H;. The molecule has 2 nitrogen and oxygen atoms in total. The van der Waals surface area contributed by atoms with Gasteiger partial charge in [-0.25, -0.2) is 0 Å². The van der Waals surface area contributed by atoms with Gasteiger partial charge in [-0.3, -0.25) is 9.59 Å². The monoisotopic (exact) mass is 231 g/mol. The van der Waals surface area contributed by atoms with Crippen LogP contribution in [0.2, 0.25) is 0 Å². The second-order valence-corrected chi connectivity index (χ2v) is 3.75. The van der Waals surface area contributed by atoms with Crippen molar-refractivity contribution in [3.8, 4) is 11.1 Å². The molecular formula is C14H8NaO2. The summed E-state index contributed by atoms with van der Waals surface area (Å²) < 4.78 is 0. The van der Waals surface area contributed by atoms with Gasteiger partial charge in [0, 0.05) is 40.7 Å². The number of rotatable bonds is 0. The molecule has 0 aliphatic heterocycles. The number of hydrogen-bond acceptors (Lipinski definition) is 2. The second-order valence-electron chi connectivity index (χ2n) is 3.75. The van der Waals surface area contributed by atoms with Crippen molar-refractivity contribution in [1.82, 2.24) is 0 Å². The van der Waals surface area contributed by atoms with Crippen molar-refractivity contribution in [1.29, 1.82) is 0 Å². The molecule has 0 fully saturated rings. The van der Waals surface area contributed by atoms with Gasteiger partial charge in [-0.2, -0.15) is 0 Å². The van der Waals surface area contributed by atoms with Crippen LogP contribution in [0.4, 0.5) is 0 Å². The Morgan fingerprint density at radius 3 is 1.18 bits per heavy atom. The zero-order chi connectivity index (χ0) is 11.1. The molecule has 3 heteroatoms. The minimum atomic E-state index is -0.408. The topological polar surface area (TPSA) is 34.1 Å². The fourth-order valence-corrected chi connectivity index (χ4v) is 2.08. The fourth-order valence-electron chi connectivity index (χ4n) is 2.08. The quantitative estimate of drug-likeness (QED) is 0.515. The molecule has 0 unspecified atom stereocenters. The summed E-state index contributed by atoms with van der Waals surface area (Å²) >= 11 is 0. The number of Topliss-reactive ketones (excluding diaryl/α,β-unsaturated/α-hetero) is 2. The summed E-state index contributed by atoms with van der Waals surface area (Å²) in [5, 5.41) is 0. The van der Waals surface area contributed by atoms with Gasteiger partial charge in [-0.15, -0.1) is 0 Å². The Morgan fingerprint density at radius 1 is 0.529 bits per heavy atom. The maximum atomic E-state index is 11.8. The van der Waals surface area contributed by atoms with E-state index >= 15 is 0 Å². The number of carbonyl (C=O) groups is 2. The molecule has 1 aliphatic rings. The first kappa shape index (κ1) is 12.2. The van der Waals surface area contributed by atoms with Crippen LogP contribution in [0.3, 0.4) is 0 Å². The van der Waals surface area contributed by atoms with E-state index in [9.17, 15) is 9.59 Å². The summed E-state index contributed by atoms with van der Waals surface area (Å²) in [5.74, 6) is -0.816. The minimum absolute atomic E-state index is 0. The molecule has 0 atom stereocenters. The molecule has 17 heavy (non-hydrogen) atoms. The molecule has 3 rings (SSSR count). The average Bonchev–Trinajstić information content (AvgIpc) is 2.36. The molecule has 1 aliphatic carbocycles. The van der Waals surface area contributed by atoms with Crippen LogP contribution in [0, 0.1) is 0 Å². The van der Waals surface area contributed by atoms with E-state index in [0.717, 1.165) is 11.1 Å². The number of ketones is 2. The van der Waals surface area contributed by atoms with Crippen LogP contribution in [-0.4, -0.2) is 41.1 Å². The van der Waals surface area contributed by atoms with Crippen molar-refractivity contribution >= 4 is 41.1 Å². The Labute approximate surface area is 121 Å². The van der Waals surface area contributed by atoms with Gasteiger partial charge in [-0.1, -0.05) is 48.5 Å². The number of fused-ring (bicyclic) bond motifs is 3. The Hall–Kier alpha value is -1.22. The largest absolute Gasteiger partial charge is 0.285 e. The van der Waals surface area contributed by atoms with Crippen LogP contribution in [0.5, 0.6) is 0 Å². The molecule has 0 aromatic heterocycles. The third kappa shape index (κ3) is 1.78. The molecule has 0 saturated heterocycles. The van der Waals surface area contributed by atoms with Crippen molar-refractivity contribution in [2.45, 2.75) is 0 Å². The maximum Gasteiger partial charge on any atom is 0.234 e. The predicted molar refractivity (Wildman–Crippen MR) is 66.3 cm³/mol. The van der Waals surface area contributed by atoms with Gasteiger partial charge < -0.3 is 0 Å². The van der Waals surface area contributed by atoms with E-state index in [4.69, 9.17) is 0 Å². The first-order valence-corrected chi connectivity index (χ1v) is 5.06. The third-order valence-electron chi connectivity index (χ3n) is 2.84. The zero-order valence-corrected chi connectivity index (χ0v) is 11.4. The van der Waals surface area contributed by atoms with E-state index in [2.05, 4.69) is 0 Å². The maximum absolute atomic E-state index is 11.8. The average molecular weight is 231 g/mol. The Balaban J connectivity index is 0.00000108. The SMILES string of the molecule is O=C1C(=O)c2ccccc2-c2ccccc21.[Na]. The van der Waals surface area contributed by atoms with Crippen LogP contribution in [0.1, 0.15) is 20.7 Å². The van der Waals surface area contributed by atoms with Crippen molar-refractivity contribution in [2.24, 2.45) is 0 Å². The molecule has 0 saturated carbocycles. The van der Waals surface area contributed by atoms with Gasteiger partial charge >= 0.3 is 0 Å². The van der Waals surface area contributed by atoms with Crippen LogP contribution >= 0.6 is 0 Å². The van der Waals surface area contributed by atoms with Crippen LogP contribution in [0.25, 0.3) is 11.1 Å². The molecular weight excluding hydrogens is 223 g/mol. The predicted octanol–water partition coefficient (Wildman–Crippen LogP) is 2.35. The van der Waals surface area contributed by atoms with Gasteiger partial charge in [0.05, 0.1) is 0 Å². The smallest absolute Gasteiger partial charge is 0.234 e. The number of carbonyl (C=O) groups excluding carboxylic acids is 2. The van der Waals surface area contributed by atoms with E-state index in [-0.39, 0.29) is 29.6 Å². The first-order chi connectivity index (χ1) is 7.79. The summed E-state index contributed by atoms with van der Waals surface area (Å²) in [6, 6.07) is 14.4. The molecule has 0 bridgehead atoms. The summed E-state index contributed by atoms with van der Waals surface area (Å²) in [6.07, 6.45) is 0. The molecule has 0 N–H and O–H groups in total. The van der Waals surface area contributed by atoms with Crippen molar-refractivity contribution < 1.29 is 9.59 Å². The van der Waals surface area contributed by atoms with Gasteiger partial charge in [0.2, 0.25) is 11.6 Å². The second kappa shape index (κ2) is 4.57. The van der Waals surface area contributed by atoms with Crippen molar-refractivity contribution in [3.05, 3.63) is 59.7 Å². The van der Waals surface area contributed by atoms with E-state index < -0.39 is 11.6 Å². The molecule has 1 radical (unpaired) electrons. The fraction of sp³-hybridized carbons (Fsp3) is 0. The van der Waals surface area contributed by atoms with E-state index in [1.807, 2.05) is 24.3 Å². The van der Waals surface area contributed by atoms with Crippen molar-refractivity contribution in [3.63, 3.8) is 0 Å². The van der Waals surface area contributed by atoms with Gasteiger partial charge in [0.15, 0.2) is 0 Å². The Kier molecular flexibility index (Phi) is 3.29. The van der Waals surface area contributed by atoms with E-state index in [1.165, 1.54) is 0 Å². The molecule has 77 valence electrons. The van der Waals surface area contributed by atoms with Gasteiger partial charge in [-0.05, 0) is 11.1 Å². The summed E-state index contributed by atoms with van der Waals surface area (Å²) in [4.78, 5) is 23.7. The Bertz CT molecular complexity index is 562. The third-order valence-corrected chi connectivity index (χ3v) is 2.84. The summed E-state index contributed by atoms with van der Waals surface area (Å²) in [7, 11) is 0. The van der Waals surface area contributed by atoms with Crippen LogP contribution < -0.4 is 0 Å². The molecule has 2 aromatic rings. The van der Waals surface area contributed by atoms with Gasteiger partial charge in [0.25, 0.3) is 0 Å². The summed E-state index contributed by atoms with van der Waals surface area (Å²) in [5.41, 5.74) is 2.71. The van der Waals surface area contributed by atoms with Crippen molar-refractivity contribution in [2.75, 3.05) is 0 Å². The van der Waals surface area contributed by atoms with Crippen LogP contribution in [0.15, 0.2) is 48.5 Å². The normalized spacial score (nSPS) is 12.5.